The van der Waals surface area contributed by atoms with Crippen LogP contribution in [0.2, 0.25) is 0 Å². The molecule has 5 nitrogen and oxygen atoms in total. The molecular weight excluding hydrogens is 202 g/mol. The van der Waals surface area contributed by atoms with Crippen molar-refractivity contribution in [3.8, 4) is 0 Å². The van der Waals surface area contributed by atoms with Crippen LogP contribution >= 0.6 is 0 Å². The quantitative estimate of drug-likeness (QED) is 0.797. The van der Waals surface area contributed by atoms with Crippen molar-refractivity contribution in [2.24, 2.45) is 5.14 Å². The average molecular weight is 217 g/mol. The predicted octanol–water partition coefficient (Wildman–Crippen LogP) is 0.430. The van der Waals surface area contributed by atoms with E-state index in [2.05, 4.69) is 5.10 Å². The lowest BCUT2D eigenvalue weighted by Crippen LogP contribution is -2.33. The summed E-state index contributed by atoms with van der Waals surface area (Å²) in [5.41, 5.74) is 0.860. The fraction of sp³-hybridized carbons (Fsp3) is 0.625. The molecular formula is C8H15N3O2S. The topological polar surface area (TPSA) is 78.0 Å². The summed E-state index contributed by atoms with van der Waals surface area (Å²) in [5.74, 6) is 0. The number of rotatable bonds is 3. The van der Waals surface area contributed by atoms with E-state index in [1.807, 2.05) is 13.0 Å². The van der Waals surface area contributed by atoms with E-state index in [1.165, 1.54) is 0 Å². The summed E-state index contributed by atoms with van der Waals surface area (Å²) in [6.07, 6.45) is 1.75. The summed E-state index contributed by atoms with van der Waals surface area (Å²) in [4.78, 5) is 0. The molecule has 0 saturated heterocycles. The molecule has 6 heteroatoms. The summed E-state index contributed by atoms with van der Waals surface area (Å²) >= 11 is 0. The Kier molecular flexibility index (Phi) is 2.96. The molecule has 0 aliphatic rings. The van der Waals surface area contributed by atoms with Crippen molar-refractivity contribution >= 4 is 10.0 Å². The van der Waals surface area contributed by atoms with E-state index in [0.717, 1.165) is 5.69 Å². The van der Waals surface area contributed by atoms with Gasteiger partial charge in [0.05, 0.1) is 17.0 Å². The second-order valence-electron chi connectivity index (χ2n) is 3.47. The monoisotopic (exact) mass is 217 g/mol. The van der Waals surface area contributed by atoms with Gasteiger partial charge < -0.3 is 0 Å². The smallest absolute Gasteiger partial charge is 0.213 e. The molecule has 0 amide bonds. The van der Waals surface area contributed by atoms with Crippen LogP contribution in [0.5, 0.6) is 0 Å². The second kappa shape index (κ2) is 3.70. The zero-order valence-corrected chi connectivity index (χ0v) is 9.32. The standard InChI is InChI=1S/C8H15N3O2S/c1-6-4-5-11(10-6)7(2)8(3)14(9,12)13/h4-5,7-8H,1-3H3,(H2,9,12,13)/t7-,8+/m1/s1. The van der Waals surface area contributed by atoms with Gasteiger partial charge in [-0.25, -0.2) is 13.6 Å². The lowest BCUT2D eigenvalue weighted by Gasteiger charge is -2.18. The first-order valence-corrected chi connectivity index (χ1v) is 5.96. The number of sulfonamides is 1. The molecule has 0 fully saturated rings. The number of aromatic nitrogens is 2. The van der Waals surface area contributed by atoms with Crippen molar-refractivity contribution in [1.29, 1.82) is 0 Å². The maximum atomic E-state index is 11.1. The molecule has 2 atom stereocenters. The Morgan fingerprint density at radius 3 is 2.43 bits per heavy atom. The van der Waals surface area contributed by atoms with Gasteiger partial charge in [0, 0.05) is 6.20 Å². The maximum absolute atomic E-state index is 11.1. The first-order chi connectivity index (χ1) is 6.32. The van der Waals surface area contributed by atoms with E-state index in [1.54, 1.807) is 24.7 Å². The molecule has 0 spiro atoms. The minimum absolute atomic E-state index is 0.251. The third-order valence-electron chi connectivity index (χ3n) is 2.36. The van der Waals surface area contributed by atoms with E-state index in [9.17, 15) is 8.42 Å². The Morgan fingerprint density at radius 1 is 1.50 bits per heavy atom. The minimum atomic E-state index is -3.50. The van der Waals surface area contributed by atoms with Gasteiger partial charge in [0.2, 0.25) is 10.0 Å². The Balaban J connectivity index is 2.91. The van der Waals surface area contributed by atoms with E-state index in [4.69, 9.17) is 5.14 Å². The highest BCUT2D eigenvalue weighted by Gasteiger charge is 2.24. The molecule has 0 aliphatic carbocycles. The zero-order valence-electron chi connectivity index (χ0n) is 8.51. The Labute approximate surface area is 84.0 Å². The van der Waals surface area contributed by atoms with Gasteiger partial charge in [-0.2, -0.15) is 5.10 Å². The summed E-state index contributed by atoms with van der Waals surface area (Å²) in [7, 11) is -3.50. The lowest BCUT2D eigenvalue weighted by molar-refractivity contribution is 0.463. The summed E-state index contributed by atoms with van der Waals surface area (Å²) < 4.78 is 23.8. The van der Waals surface area contributed by atoms with Crippen molar-refractivity contribution < 1.29 is 8.42 Å². The van der Waals surface area contributed by atoms with Gasteiger partial charge in [-0.05, 0) is 26.8 Å². The minimum Gasteiger partial charge on any atom is -0.268 e. The third-order valence-corrected chi connectivity index (χ3v) is 3.79. The molecule has 0 bridgehead atoms. The third kappa shape index (κ3) is 2.33. The van der Waals surface area contributed by atoms with Crippen LogP contribution in [0.1, 0.15) is 25.6 Å². The van der Waals surface area contributed by atoms with Gasteiger partial charge in [0.1, 0.15) is 0 Å². The largest absolute Gasteiger partial charge is 0.268 e. The van der Waals surface area contributed by atoms with Crippen LogP contribution in [0, 0.1) is 6.92 Å². The maximum Gasteiger partial charge on any atom is 0.213 e. The van der Waals surface area contributed by atoms with Crippen LogP contribution in [0.25, 0.3) is 0 Å². The molecule has 1 aromatic heterocycles. The number of hydrogen-bond acceptors (Lipinski definition) is 3. The van der Waals surface area contributed by atoms with Gasteiger partial charge >= 0.3 is 0 Å². The van der Waals surface area contributed by atoms with Crippen molar-refractivity contribution in [3.63, 3.8) is 0 Å². The molecule has 14 heavy (non-hydrogen) atoms. The number of primary sulfonamides is 1. The fourth-order valence-corrected chi connectivity index (χ4v) is 1.82. The summed E-state index contributed by atoms with van der Waals surface area (Å²) in [6.45, 7) is 5.21. The van der Waals surface area contributed by atoms with E-state index >= 15 is 0 Å². The first-order valence-electron chi connectivity index (χ1n) is 4.35. The summed E-state index contributed by atoms with van der Waals surface area (Å²) in [5, 5.41) is 8.56. The second-order valence-corrected chi connectivity index (χ2v) is 5.39. The highest BCUT2D eigenvalue weighted by Crippen LogP contribution is 2.15. The molecule has 1 aromatic rings. The molecule has 0 saturated carbocycles. The lowest BCUT2D eigenvalue weighted by atomic mass is 10.2. The van der Waals surface area contributed by atoms with Gasteiger partial charge in [0.25, 0.3) is 0 Å². The fourth-order valence-electron chi connectivity index (χ4n) is 1.15. The molecule has 0 aliphatic heterocycles. The highest BCUT2D eigenvalue weighted by atomic mass is 32.2. The molecule has 1 heterocycles. The van der Waals surface area contributed by atoms with Crippen LogP contribution in [0.4, 0.5) is 0 Å². The number of nitrogens with zero attached hydrogens (tertiary/aromatic N) is 2. The Morgan fingerprint density at radius 2 is 2.07 bits per heavy atom. The highest BCUT2D eigenvalue weighted by molar-refractivity contribution is 7.89. The van der Waals surface area contributed by atoms with Crippen molar-refractivity contribution in [3.05, 3.63) is 18.0 Å². The molecule has 80 valence electrons. The number of aryl methyl sites for hydroxylation is 1. The van der Waals surface area contributed by atoms with Crippen molar-refractivity contribution in [2.75, 3.05) is 0 Å². The normalized spacial score (nSPS) is 16.6. The van der Waals surface area contributed by atoms with E-state index in [-0.39, 0.29) is 6.04 Å². The number of nitrogens with two attached hydrogens (primary N) is 1. The zero-order chi connectivity index (χ0) is 10.9. The van der Waals surface area contributed by atoms with Crippen molar-refractivity contribution in [1.82, 2.24) is 9.78 Å². The number of hydrogen-bond donors (Lipinski definition) is 1. The van der Waals surface area contributed by atoms with E-state index < -0.39 is 15.3 Å². The first kappa shape index (κ1) is 11.2. The Bertz CT molecular complexity index is 410. The van der Waals surface area contributed by atoms with Gasteiger partial charge in [0.15, 0.2) is 0 Å². The van der Waals surface area contributed by atoms with Crippen LogP contribution in [0.3, 0.4) is 0 Å². The van der Waals surface area contributed by atoms with Gasteiger partial charge in [-0.1, -0.05) is 0 Å². The van der Waals surface area contributed by atoms with E-state index in [0.29, 0.717) is 0 Å². The molecule has 0 unspecified atom stereocenters. The van der Waals surface area contributed by atoms with Crippen LogP contribution in [0.15, 0.2) is 12.3 Å². The van der Waals surface area contributed by atoms with Crippen LogP contribution < -0.4 is 5.14 Å². The van der Waals surface area contributed by atoms with Gasteiger partial charge in [-0.15, -0.1) is 0 Å². The van der Waals surface area contributed by atoms with Crippen LogP contribution in [-0.4, -0.2) is 23.4 Å². The SMILES string of the molecule is Cc1ccn([C@H](C)[C@H](C)S(N)(=O)=O)n1. The van der Waals surface area contributed by atoms with Gasteiger partial charge in [-0.3, -0.25) is 4.68 Å². The van der Waals surface area contributed by atoms with Crippen LogP contribution in [-0.2, 0) is 10.0 Å². The van der Waals surface area contributed by atoms with Crippen molar-refractivity contribution in [2.45, 2.75) is 32.1 Å². The summed E-state index contributed by atoms with van der Waals surface area (Å²) in [6, 6.07) is 1.57. The molecule has 1 rings (SSSR count). The molecule has 0 radical (unpaired) electrons. The molecule has 0 aromatic carbocycles. The predicted molar refractivity (Wildman–Crippen MR) is 54.2 cm³/mol. The Hall–Kier alpha value is -0.880. The molecule has 2 N–H and O–H groups in total. The average Bonchev–Trinajstić information content (AvgIpc) is 2.47.